The van der Waals surface area contributed by atoms with E-state index in [1.165, 1.54) is 23.2 Å². The molecule has 2 atom stereocenters. The number of benzene rings is 1. The lowest BCUT2D eigenvalue weighted by Gasteiger charge is -2.32. The van der Waals surface area contributed by atoms with Gasteiger partial charge in [0.15, 0.2) is 0 Å². The molecule has 1 aromatic carbocycles. The summed E-state index contributed by atoms with van der Waals surface area (Å²) in [5, 5.41) is 8.04. The van der Waals surface area contributed by atoms with Gasteiger partial charge in [-0.05, 0) is 36.9 Å². The molecule has 3 rings (SSSR count). The number of nitrogens with zero attached hydrogens (tertiary/aromatic N) is 2. The average Bonchev–Trinajstić information content (AvgIpc) is 2.79. The van der Waals surface area contributed by atoms with E-state index in [2.05, 4.69) is 53.9 Å². The van der Waals surface area contributed by atoms with Gasteiger partial charge in [-0.3, -0.25) is 4.68 Å². The number of piperidine rings is 1. The molecule has 100 valence electrons. The van der Waals surface area contributed by atoms with Crippen LogP contribution in [0.15, 0.2) is 36.5 Å². The zero-order valence-electron chi connectivity index (χ0n) is 11.6. The maximum Gasteiger partial charge on any atom is 0.0628 e. The highest BCUT2D eigenvalue weighted by atomic mass is 15.2. The van der Waals surface area contributed by atoms with E-state index >= 15 is 0 Å². The van der Waals surface area contributed by atoms with Gasteiger partial charge in [0, 0.05) is 25.7 Å². The van der Waals surface area contributed by atoms with Crippen LogP contribution < -0.4 is 5.32 Å². The first-order valence-corrected chi connectivity index (χ1v) is 7.01. The normalized spacial score (nSPS) is 23.5. The summed E-state index contributed by atoms with van der Waals surface area (Å²) in [5.74, 6) is 1.13. The molecule has 1 saturated heterocycles. The van der Waals surface area contributed by atoms with Crippen molar-refractivity contribution < 1.29 is 0 Å². The summed E-state index contributed by atoms with van der Waals surface area (Å²) in [7, 11) is 2.01. The second-order valence-electron chi connectivity index (χ2n) is 5.46. The Hall–Kier alpha value is -1.61. The molecule has 2 heterocycles. The van der Waals surface area contributed by atoms with Crippen molar-refractivity contribution in [3.8, 4) is 0 Å². The summed E-state index contributed by atoms with van der Waals surface area (Å²) in [6, 6.07) is 10.9. The summed E-state index contributed by atoms with van der Waals surface area (Å²) in [4.78, 5) is 0. The molecule has 0 bridgehead atoms. The van der Waals surface area contributed by atoms with Gasteiger partial charge in [-0.1, -0.05) is 30.3 Å². The van der Waals surface area contributed by atoms with Crippen LogP contribution >= 0.6 is 0 Å². The number of aromatic nitrogens is 2. The molecule has 1 N–H and O–H groups in total. The van der Waals surface area contributed by atoms with Gasteiger partial charge in [-0.15, -0.1) is 0 Å². The van der Waals surface area contributed by atoms with Crippen molar-refractivity contribution in [2.45, 2.75) is 25.2 Å². The monoisotopic (exact) mass is 255 g/mol. The van der Waals surface area contributed by atoms with Crippen LogP contribution in [0.2, 0.25) is 0 Å². The first-order chi connectivity index (χ1) is 9.25. The van der Waals surface area contributed by atoms with Gasteiger partial charge in [0.25, 0.3) is 0 Å². The highest BCUT2D eigenvalue weighted by molar-refractivity contribution is 5.30. The second-order valence-corrected chi connectivity index (χ2v) is 5.46. The molecule has 0 spiro atoms. The first-order valence-electron chi connectivity index (χ1n) is 7.01. The molecule has 3 heteroatoms. The topological polar surface area (TPSA) is 29.9 Å². The third kappa shape index (κ3) is 2.43. The molecular weight excluding hydrogens is 234 g/mol. The van der Waals surface area contributed by atoms with E-state index in [1.54, 1.807) is 0 Å². The third-order valence-corrected chi connectivity index (χ3v) is 4.16. The van der Waals surface area contributed by atoms with Crippen LogP contribution in [-0.2, 0) is 7.05 Å². The van der Waals surface area contributed by atoms with Crippen molar-refractivity contribution in [3.05, 3.63) is 53.3 Å². The third-order valence-electron chi connectivity index (χ3n) is 4.16. The van der Waals surface area contributed by atoms with E-state index in [4.69, 9.17) is 0 Å². The minimum atomic E-state index is 0.554. The molecule has 1 aliphatic rings. The van der Waals surface area contributed by atoms with Crippen LogP contribution in [0.3, 0.4) is 0 Å². The Morgan fingerprint density at radius 2 is 2.00 bits per heavy atom. The fourth-order valence-corrected chi connectivity index (χ4v) is 3.26. The summed E-state index contributed by atoms with van der Waals surface area (Å²) in [5.41, 5.74) is 4.02. The molecule has 2 aromatic rings. The number of aryl methyl sites for hydroxylation is 2. The minimum Gasteiger partial charge on any atom is -0.316 e. The predicted octanol–water partition coefficient (Wildman–Crippen LogP) is 2.59. The Balaban J connectivity index is 1.96. The predicted molar refractivity (Wildman–Crippen MR) is 77.4 cm³/mol. The molecule has 2 unspecified atom stereocenters. The number of rotatable bonds is 2. The fraction of sp³-hybridized carbons (Fsp3) is 0.438. The fourth-order valence-electron chi connectivity index (χ4n) is 3.26. The van der Waals surface area contributed by atoms with Crippen LogP contribution in [-0.4, -0.2) is 22.9 Å². The smallest absolute Gasteiger partial charge is 0.0628 e. The number of hydrogen-bond acceptors (Lipinski definition) is 2. The lowest BCUT2D eigenvalue weighted by molar-refractivity contribution is 0.403. The molecule has 0 radical (unpaired) electrons. The summed E-state index contributed by atoms with van der Waals surface area (Å²) in [6.07, 6.45) is 3.38. The lowest BCUT2D eigenvalue weighted by Crippen LogP contribution is -2.34. The molecule has 0 amide bonds. The Morgan fingerprint density at radius 3 is 2.68 bits per heavy atom. The molecule has 3 nitrogen and oxygen atoms in total. The standard InChI is InChI=1S/C16H21N3/c1-12-16(11-19(2)18-12)14-8-9-17-10-15(14)13-6-4-3-5-7-13/h3-7,11,14-15,17H,8-10H2,1-2H3. The highest BCUT2D eigenvalue weighted by Gasteiger charge is 2.29. The zero-order valence-corrected chi connectivity index (χ0v) is 11.6. The number of hydrogen-bond donors (Lipinski definition) is 1. The van der Waals surface area contributed by atoms with Gasteiger partial charge in [0.1, 0.15) is 0 Å². The van der Waals surface area contributed by atoms with Crippen molar-refractivity contribution >= 4 is 0 Å². The van der Waals surface area contributed by atoms with Gasteiger partial charge < -0.3 is 5.32 Å². The molecular formula is C16H21N3. The summed E-state index contributed by atoms with van der Waals surface area (Å²) in [6.45, 7) is 4.28. The van der Waals surface area contributed by atoms with Crippen LogP contribution in [0.4, 0.5) is 0 Å². The molecule has 1 aliphatic heterocycles. The van der Waals surface area contributed by atoms with Gasteiger partial charge in [0.05, 0.1) is 5.69 Å². The van der Waals surface area contributed by atoms with Crippen LogP contribution in [0, 0.1) is 6.92 Å². The lowest BCUT2D eigenvalue weighted by atomic mass is 9.77. The van der Waals surface area contributed by atoms with Crippen molar-refractivity contribution in [3.63, 3.8) is 0 Å². The molecule has 1 fully saturated rings. The van der Waals surface area contributed by atoms with E-state index in [0.717, 1.165) is 13.1 Å². The SMILES string of the molecule is Cc1nn(C)cc1C1CCNCC1c1ccccc1. The Bertz CT molecular complexity index is 544. The van der Waals surface area contributed by atoms with Crippen LogP contribution in [0.5, 0.6) is 0 Å². The van der Waals surface area contributed by atoms with Gasteiger partial charge >= 0.3 is 0 Å². The average molecular weight is 255 g/mol. The van der Waals surface area contributed by atoms with Gasteiger partial charge in [-0.2, -0.15) is 5.10 Å². The molecule has 0 saturated carbocycles. The Kier molecular flexibility index (Phi) is 3.38. The summed E-state index contributed by atoms with van der Waals surface area (Å²) < 4.78 is 1.94. The quantitative estimate of drug-likeness (QED) is 0.894. The molecule has 0 aliphatic carbocycles. The van der Waals surface area contributed by atoms with E-state index in [-0.39, 0.29) is 0 Å². The first kappa shape index (κ1) is 12.4. The Morgan fingerprint density at radius 1 is 1.21 bits per heavy atom. The van der Waals surface area contributed by atoms with E-state index in [9.17, 15) is 0 Å². The van der Waals surface area contributed by atoms with E-state index < -0.39 is 0 Å². The Labute approximate surface area is 114 Å². The van der Waals surface area contributed by atoms with Crippen molar-refractivity contribution in [1.82, 2.24) is 15.1 Å². The van der Waals surface area contributed by atoms with Crippen molar-refractivity contribution in [2.75, 3.05) is 13.1 Å². The van der Waals surface area contributed by atoms with Crippen LogP contribution in [0.25, 0.3) is 0 Å². The van der Waals surface area contributed by atoms with Crippen LogP contribution in [0.1, 0.15) is 35.1 Å². The van der Waals surface area contributed by atoms with Crippen molar-refractivity contribution in [1.29, 1.82) is 0 Å². The van der Waals surface area contributed by atoms with E-state index in [0.29, 0.717) is 11.8 Å². The zero-order chi connectivity index (χ0) is 13.2. The largest absolute Gasteiger partial charge is 0.316 e. The maximum absolute atomic E-state index is 4.51. The minimum absolute atomic E-state index is 0.554. The number of nitrogens with one attached hydrogen (secondary N) is 1. The van der Waals surface area contributed by atoms with Gasteiger partial charge in [-0.25, -0.2) is 0 Å². The second kappa shape index (κ2) is 5.17. The molecule has 19 heavy (non-hydrogen) atoms. The molecule has 1 aromatic heterocycles. The summed E-state index contributed by atoms with van der Waals surface area (Å²) >= 11 is 0. The maximum atomic E-state index is 4.51. The highest BCUT2D eigenvalue weighted by Crippen LogP contribution is 2.38. The van der Waals surface area contributed by atoms with E-state index in [1.807, 2.05) is 11.7 Å². The van der Waals surface area contributed by atoms with Crippen molar-refractivity contribution in [2.24, 2.45) is 7.05 Å². The van der Waals surface area contributed by atoms with Gasteiger partial charge in [0.2, 0.25) is 0 Å².